The van der Waals surface area contributed by atoms with E-state index in [1.54, 1.807) is 0 Å². The van der Waals surface area contributed by atoms with E-state index in [1.165, 1.54) is 12.0 Å². The van der Waals surface area contributed by atoms with Crippen LogP contribution in [0.4, 0.5) is 0 Å². The molecule has 1 aromatic rings. The van der Waals surface area contributed by atoms with Crippen molar-refractivity contribution in [3.63, 3.8) is 0 Å². The third-order valence-electron chi connectivity index (χ3n) is 3.94. The van der Waals surface area contributed by atoms with Crippen LogP contribution in [0.15, 0.2) is 30.3 Å². The van der Waals surface area contributed by atoms with Gasteiger partial charge in [0.05, 0.1) is 12.7 Å². The third kappa shape index (κ3) is 5.66. The van der Waals surface area contributed by atoms with Crippen molar-refractivity contribution < 1.29 is 4.74 Å². The Hall–Kier alpha value is -0.820. The Morgan fingerprint density at radius 2 is 1.45 bits per heavy atom. The molecule has 0 bridgehead atoms. The zero-order valence-electron chi connectivity index (χ0n) is 14.1. The standard InChI is InChI=1S/C19H32O/c1-14(2)12-18(15(3)4)13-20-19(16(5)6)17-10-8-7-9-11-17/h7-11,14-16,18-19H,12-13H2,1-6H3. The molecule has 0 heterocycles. The van der Waals surface area contributed by atoms with E-state index in [4.69, 9.17) is 4.74 Å². The first kappa shape index (κ1) is 17.2. The molecule has 0 aliphatic heterocycles. The minimum absolute atomic E-state index is 0.213. The molecule has 2 atom stereocenters. The quantitative estimate of drug-likeness (QED) is 0.590. The lowest BCUT2D eigenvalue weighted by Gasteiger charge is -2.28. The molecule has 0 amide bonds. The number of benzene rings is 1. The average Bonchev–Trinajstić information content (AvgIpc) is 2.37. The fourth-order valence-corrected chi connectivity index (χ4v) is 2.68. The first-order chi connectivity index (χ1) is 9.41. The van der Waals surface area contributed by atoms with Gasteiger partial charge in [-0.1, -0.05) is 71.9 Å². The summed E-state index contributed by atoms with van der Waals surface area (Å²) in [6.07, 6.45) is 1.46. The van der Waals surface area contributed by atoms with Gasteiger partial charge in [0, 0.05) is 0 Å². The van der Waals surface area contributed by atoms with Crippen molar-refractivity contribution >= 4 is 0 Å². The Kier molecular flexibility index (Phi) is 7.29. The van der Waals surface area contributed by atoms with Gasteiger partial charge in [-0.15, -0.1) is 0 Å². The highest BCUT2D eigenvalue weighted by Crippen LogP contribution is 2.29. The van der Waals surface area contributed by atoms with Crippen LogP contribution in [-0.2, 0) is 4.74 Å². The molecule has 0 spiro atoms. The van der Waals surface area contributed by atoms with Crippen molar-refractivity contribution in [2.24, 2.45) is 23.7 Å². The number of ether oxygens (including phenoxy) is 1. The lowest BCUT2D eigenvalue weighted by Crippen LogP contribution is -2.21. The molecule has 0 N–H and O–H groups in total. The molecule has 0 radical (unpaired) electrons. The SMILES string of the molecule is CC(C)CC(COC(c1ccccc1)C(C)C)C(C)C. The van der Waals surface area contributed by atoms with Gasteiger partial charge in [0.15, 0.2) is 0 Å². The molecule has 1 rings (SSSR count). The fraction of sp³-hybridized carbons (Fsp3) is 0.684. The Bertz CT molecular complexity index is 353. The van der Waals surface area contributed by atoms with Crippen LogP contribution in [0, 0.1) is 23.7 Å². The maximum atomic E-state index is 6.31. The van der Waals surface area contributed by atoms with E-state index >= 15 is 0 Å². The van der Waals surface area contributed by atoms with Crippen LogP contribution in [0.2, 0.25) is 0 Å². The molecule has 0 saturated heterocycles. The average molecular weight is 276 g/mol. The third-order valence-corrected chi connectivity index (χ3v) is 3.94. The Morgan fingerprint density at radius 3 is 1.90 bits per heavy atom. The molecule has 20 heavy (non-hydrogen) atoms. The van der Waals surface area contributed by atoms with Crippen molar-refractivity contribution in [1.29, 1.82) is 0 Å². The minimum Gasteiger partial charge on any atom is -0.373 e. The summed E-state index contributed by atoms with van der Waals surface area (Å²) in [7, 11) is 0. The van der Waals surface area contributed by atoms with Gasteiger partial charge in [-0.3, -0.25) is 0 Å². The van der Waals surface area contributed by atoms with Crippen molar-refractivity contribution in [1.82, 2.24) is 0 Å². The fourth-order valence-electron chi connectivity index (χ4n) is 2.68. The lowest BCUT2D eigenvalue weighted by atomic mass is 9.88. The zero-order chi connectivity index (χ0) is 15.1. The van der Waals surface area contributed by atoms with E-state index in [9.17, 15) is 0 Å². The Labute approximate surface area is 125 Å². The smallest absolute Gasteiger partial charge is 0.0847 e. The van der Waals surface area contributed by atoms with Gasteiger partial charge < -0.3 is 4.74 Å². The van der Waals surface area contributed by atoms with Crippen LogP contribution in [0.5, 0.6) is 0 Å². The first-order valence-electron chi connectivity index (χ1n) is 8.08. The summed E-state index contributed by atoms with van der Waals surface area (Å²) in [5, 5.41) is 0. The molecule has 1 heteroatoms. The van der Waals surface area contributed by atoms with Crippen LogP contribution in [-0.4, -0.2) is 6.61 Å². The topological polar surface area (TPSA) is 9.23 Å². The van der Waals surface area contributed by atoms with E-state index < -0.39 is 0 Å². The lowest BCUT2D eigenvalue weighted by molar-refractivity contribution is -0.0123. The van der Waals surface area contributed by atoms with E-state index in [2.05, 4.69) is 71.9 Å². The predicted molar refractivity (Wildman–Crippen MR) is 87.8 cm³/mol. The number of hydrogen-bond donors (Lipinski definition) is 0. The molecule has 1 nitrogen and oxygen atoms in total. The largest absolute Gasteiger partial charge is 0.373 e. The predicted octanol–water partition coefficient (Wildman–Crippen LogP) is 5.72. The van der Waals surface area contributed by atoms with Crippen molar-refractivity contribution in [2.75, 3.05) is 6.61 Å². The second-order valence-electron chi connectivity index (χ2n) is 7.04. The minimum atomic E-state index is 0.213. The van der Waals surface area contributed by atoms with Gasteiger partial charge in [-0.2, -0.15) is 0 Å². The van der Waals surface area contributed by atoms with Gasteiger partial charge in [0.25, 0.3) is 0 Å². The van der Waals surface area contributed by atoms with E-state index in [1.807, 2.05) is 0 Å². The van der Waals surface area contributed by atoms with E-state index in [0.29, 0.717) is 17.8 Å². The summed E-state index contributed by atoms with van der Waals surface area (Å²) >= 11 is 0. The second kappa shape index (κ2) is 8.46. The zero-order valence-corrected chi connectivity index (χ0v) is 14.1. The summed E-state index contributed by atoms with van der Waals surface area (Å²) in [6, 6.07) is 10.6. The molecule has 2 unspecified atom stereocenters. The molecule has 0 fully saturated rings. The molecule has 0 saturated carbocycles. The van der Waals surface area contributed by atoms with Gasteiger partial charge in [-0.25, -0.2) is 0 Å². The molecular formula is C19H32O. The summed E-state index contributed by atoms with van der Waals surface area (Å²) < 4.78 is 6.31. The second-order valence-corrected chi connectivity index (χ2v) is 7.04. The highest BCUT2D eigenvalue weighted by molar-refractivity contribution is 5.18. The van der Waals surface area contributed by atoms with Crippen molar-refractivity contribution in [3.8, 4) is 0 Å². The van der Waals surface area contributed by atoms with E-state index in [0.717, 1.165) is 12.5 Å². The summed E-state index contributed by atoms with van der Waals surface area (Å²) in [5.74, 6) is 2.57. The van der Waals surface area contributed by atoms with Crippen LogP contribution in [0.1, 0.15) is 59.6 Å². The molecule has 0 aliphatic rings. The highest BCUT2D eigenvalue weighted by Gasteiger charge is 2.21. The van der Waals surface area contributed by atoms with Gasteiger partial charge in [0.1, 0.15) is 0 Å². The number of rotatable bonds is 8. The summed E-state index contributed by atoms with van der Waals surface area (Å²) in [4.78, 5) is 0. The van der Waals surface area contributed by atoms with Crippen molar-refractivity contribution in [2.45, 2.75) is 54.1 Å². The Morgan fingerprint density at radius 1 is 0.850 bits per heavy atom. The van der Waals surface area contributed by atoms with E-state index in [-0.39, 0.29) is 6.10 Å². The summed E-state index contributed by atoms with van der Waals surface area (Å²) in [6.45, 7) is 14.6. The monoisotopic (exact) mass is 276 g/mol. The van der Waals surface area contributed by atoms with Crippen LogP contribution in [0.3, 0.4) is 0 Å². The van der Waals surface area contributed by atoms with Crippen LogP contribution < -0.4 is 0 Å². The van der Waals surface area contributed by atoms with Gasteiger partial charge >= 0.3 is 0 Å². The molecule has 0 aromatic heterocycles. The first-order valence-corrected chi connectivity index (χ1v) is 8.08. The molecule has 0 aliphatic carbocycles. The maximum Gasteiger partial charge on any atom is 0.0847 e. The normalized spacial score (nSPS) is 15.1. The van der Waals surface area contributed by atoms with Gasteiger partial charge in [0.2, 0.25) is 0 Å². The van der Waals surface area contributed by atoms with Crippen LogP contribution in [0.25, 0.3) is 0 Å². The molecule has 114 valence electrons. The molecule has 1 aromatic carbocycles. The van der Waals surface area contributed by atoms with Crippen molar-refractivity contribution in [3.05, 3.63) is 35.9 Å². The highest BCUT2D eigenvalue weighted by atomic mass is 16.5. The number of hydrogen-bond acceptors (Lipinski definition) is 1. The Balaban J connectivity index is 2.67. The van der Waals surface area contributed by atoms with Crippen LogP contribution >= 0.6 is 0 Å². The molecular weight excluding hydrogens is 244 g/mol. The van der Waals surface area contributed by atoms with Gasteiger partial charge in [-0.05, 0) is 35.7 Å². The summed E-state index contributed by atoms with van der Waals surface area (Å²) in [5.41, 5.74) is 1.30. The maximum absolute atomic E-state index is 6.31.